The minimum atomic E-state index is -6.91. The first-order valence-electron chi connectivity index (χ1n) is 8.36. The normalized spacial score (nSPS) is 13.9. The van der Waals surface area contributed by atoms with Crippen molar-refractivity contribution in [2.75, 3.05) is 10.2 Å². The number of anilines is 2. The smallest absolute Gasteiger partial charge is 0.320 e. The molecule has 1 aromatic rings. The van der Waals surface area contributed by atoms with E-state index in [1.807, 2.05) is 0 Å². The Hall–Kier alpha value is -3.22. The van der Waals surface area contributed by atoms with E-state index in [1.54, 1.807) is 0 Å². The molecule has 0 fully saturated rings. The average Bonchev–Trinajstić information content (AvgIpc) is 2.67. The highest BCUT2D eigenvalue weighted by Gasteiger charge is 2.70. The predicted molar refractivity (Wildman–Crippen MR) is 85.3 cm³/mol. The molecule has 0 saturated carbocycles. The highest BCUT2D eigenvalue weighted by atomic mass is 19.4. The first-order chi connectivity index (χ1) is 15.7. The number of carbonyl (C=O) groups is 3. The maximum atomic E-state index is 13.5. The van der Waals surface area contributed by atoms with E-state index in [0.29, 0.717) is 6.92 Å². The molecule has 36 heavy (non-hydrogen) atoms. The van der Waals surface area contributed by atoms with E-state index in [0.717, 1.165) is 5.32 Å². The molecule has 0 spiro atoms. The minimum absolute atomic E-state index is 0.0417. The molecular weight excluding hydrogens is 553 g/mol. The molecule has 1 N–H and O–H groups in total. The predicted octanol–water partition coefficient (Wildman–Crippen LogP) is 5.39. The summed E-state index contributed by atoms with van der Waals surface area (Å²) in [5.74, 6) is -30.4. The summed E-state index contributed by atoms with van der Waals surface area (Å²) in [6.45, 7) is 0.543. The summed E-state index contributed by atoms with van der Waals surface area (Å²) < 4.78 is 192. The van der Waals surface area contributed by atoms with Gasteiger partial charge in [0.2, 0.25) is 0 Å². The number of benzene rings is 1. The summed E-state index contributed by atoms with van der Waals surface area (Å²) >= 11 is 0. The molecule has 1 rings (SSSR count). The molecule has 0 aliphatic rings. The fraction of sp³-hybridized carbons (Fsp3) is 0.438. The number of alkyl halides is 15. The Kier molecular flexibility index (Phi) is 7.72. The van der Waals surface area contributed by atoms with E-state index >= 15 is 0 Å². The fourth-order valence-corrected chi connectivity index (χ4v) is 2.11. The van der Waals surface area contributed by atoms with Gasteiger partial charge in [-0.15, -0.1) is 0 Å². The van der Waals surface area contributed by atoms with Crippen LogP contribution in [0.5, 0.6) is 0 Å². The molecule has 0 radical (unpaired) electrons. The largest absolute Gasteiger partial charge is 0.463 e. The topological polar surface area (TPSA) is 66.5 Å². The van der Waals surface area contributed by atoms with Crippen molar-refractivity contribution >= 4 is 29.1 Å². The minimum Gasteiger partial charge on any atom is -0.320 e. The molecule has 5 nitrogen and oxygen atoms in total. The summed E-state index contributed by atoms with van der Waals surface area (Å²) in [4.78, 5) is 32.7. The van der Waals surface area contributed by atoms with Gasteiger partial charge in [0, 0.05) is 5.69 Å². The van der Waals surface area contributed by atoms with Gasteiger partial charge < -0.3 is 5.32 Å². The Bertz CT molecular complexity index is 1000. The zero-order valence-electron chi connectivity index (χ0n) is 16.6. The first kappa shape index (κ1) is 30.8. The van der Waals surface area contributed by atoms with Crippen molar-refractivity contribution in [1.29, 1.82) is 0 Å². The van der Waals surface area contributed by atoms with Gasteiger partial charge in [0.15, 0.2) is 0 Å². The van der Waals surface area contributed by atoms with E-state index in [-0.39, 0.29) is 18.2 Å². The number of hydrogen-bond donors (Lipinski definition) is 1. The number of hydrogen-bond acceptors (Lipinski definition) is 3. The zero-order chi connectivity index (χ0) is 28.9. The maximum Gasteiger partial charge on any atom is 0.463 e. The molecule has 0 saturated heterocycles. The number of amides is 3. The summed E-state index contributed by atoms with van der Waals surface area (Å²) in [6.07, 6.45) is -20.3. The number of imide groups is 1. The molecule has 0 aliphatic heterocycles. The lowest BCUT2D eigenvalue weighted by atomic mass is 10.1. The molecule has 1 aromatic carbocycles. The van der Waals surface area contributed by atoms with Gasteiger partial charge in [-0.25, -0.2) is 4.90 Å². The van der Waals surface area contributed by atoms with Gasteiger partial charge in [-0.3, -0.25) is 14.4 Å². The fourth-order valence-electron chi connectivity index (χ4n) is 2.11. The Morgan fingerprint density at radius 1 is 0.639 bits per heavy atom. The highest BCUT2D eigenvalue weighted by molar-refractivity contribution is 6.19. The first-order valence-corrected chi connectivity index (χ1v) is 8.36. The van der Waals surface area contributed by atoms with Crippen molar-refractivity contribution in [1.82, 2.24) is 0 Å². The highest BCUT2D eigenvalue weighted by Crippen LogP contribution is 2.43. The Morgan fingerprint density at radius 3 is 1.31 bits per heavy atom. The van der Waals surface area contributed by atoms with Gasteiger partial charge in [-0.05, 0) is 30.7 Å². The van der Waals surface area contributed by atoms with Crippen LogP contribution in [0.25, 0.3) is 0 Å². The third kappa shape index (κ3) is 5.45. The summed E-state index contributed by atoms with van der Waals surface area (Å²) in [5.41, 5.74) is -3.94. The van der Waals surface area contributed by atoms with Gasteiger partial charge >= 0.3 is 54.0 Å². The van der Waals surface area contributed by atoms with Crippen molar-refractivity contribution in [3.63, 3.8) is 0 Å². The van der Waals surface area contributed by atoms with E-state index in [4.69, 9.17) is 0 Å². The number of halogens is 15. The van der Waals surface area contributed by atoms with Crippen LogP contribution in [0.1, 0.15) is 5.56 Å². The van der Waals surface area contributed by atoms with Crippen LogP contribution in [0, 0.1) is 6.92 Å². The lowest BCUT2D eigenvalue weighted by molar-refractivity contribution is -0.273. The van der Waals surface area contributed by atoms with Crippen molar-refractivity contribution in [2.45, 2.75) is 43.2 Å². The Morgan fingerprint density at radius 2 is 1.00 bits per heavy atom. The second-order valence-electron chi connectivity index (χ2n) is 6.62. The van der Waals surface area contributed by atoms with Crippen molar-refractivity contribution in [3.8, 4) is 0 Å². The monoisotopic (exact) mass is 560 g/mol. The van der Waals surface area contributed by atoms with Gasteiger partial charge in [0.1, 0.15) is 0 Å². The maximum absolute atomic E-state index is 13.5. The lowest BCUT2D eigenvalue weighted by Gasteiger charge is -2.30. The van der Waals surface area contributed by atoms with E-state index in [1.165, 1.54) is 0 Å². The summed E-state index contributed by atoms with van der Waals surface area (Å²) in [5, 5.41) is 0.937. The van der Waals surface area contributed by atoms with E-state index in [9.17, 15) is 80.2 Å². The van der Waals surface area contributed by atoms with Gasteiger partial charge in [-0.1, -0.05) is 0 Å². The van der Waals surface area contributed by atoms with E-state index < -0.39 is 75.9 Å². The van der Waals surface area contributed by atoms with Crippen LogP contribution in [-0.2, 0) is 14.4 Å². The zero-order valence-corrected chi connectivity index (χ0v) is 16.6. The summed E-state index contributed by atoms with van der Waals surface area (Å²) in [7, 11) is 0. The van der Waals surface area contributed by atoms with Crippen LogP contribution >= 0.6 is 0 Å². The molecule has 20 heteroatoms. The third-order valence-electron chi connectivity index (χ3n) is 4.01. The third-order valence-corrected chi connectivity index (χ3v) is 4.01. The molecule has 0 aromatic heterocycles. The van der Waals surface area contributed by atoms with Gasteiger partial charge in [-0.2, -0.15) is 65.9 Å². The number of aryl methyl sites for hydroxylation is 1. The van der Waals surface area contributed by atoms with Crippen LogP contribution in [0.2, 0.25) is 0 Å². The van der Waals surface area contributed by atoms with Crippen molar-refractivity contribution in [3.05, 3.63) is 23.8 Å². The number of rotatable bonds is 5. The molecule has 0 heterocycles. The van der Waals surface area contributed by atoms with Crippen molar-refractivity contribution < 1.29 is 80.2 Å². The van der Waals surface area contributed by atoms with Crippen molar-refractivity contribution in [2.24, 2.45) is 0 Å². The molecule has 0 aliphatic carbocycles. The Balaban J connectivity index is 3.65. The average molecular weight is 560 g/mol. The SMILES string of the molecule is Cc1cc(N(C(=O)C(F)(F)C(F)(F)F)C(=O)C(F)(F)C(F)(F)F)ccc1NC(=O)C(F)(F)C(F)(F)F. The molecule has 0 bridgehead atoms. The lowest BCUT2D eigenvalue weighted by Crippen LogP contribution is -2.60. The number of nitrogens with one attached hydrogen (secondary N) is 1. The molecule has 0 atom stereocenters. The second kappa shape index (κ2) is 9.02. The second-order valence-corrected chi connectivity index (χ2v) is 6.62. The number of nitrogens with zero attached hydrogens (tertiary/aromatic N) is 1. The molecular formula is C16H7F15N2O3. The van der Waals surface area contributed by atoms with Crippen LogP contribution in [0.3, 0.4) is 0 Å². The van der Waals surface area contributed by atoms with Crippen LogP contribution in [-0.4, -0.2) is 54.0 Å². The quantitative estimate of drug-likeness (QED) is 0.492. The van der Waals surface area contributed by atoms with Crippen LogP contribution < -0.4 is 10.2 Å². The van der Waals surface area contributed by atoms with Crippen LogP contribution in [0.15, 0.2) is 18.2 Å². The van der Waals surface area contributed by atoms with Gasteiger partial charge in [0.25, 0.3) is 0 Å². The van der Waals surface area contributed by atoms with Gasteiger partial charge in [0.05, 0.1) is 5.69 Å². The number of carbonyl (C=O) groups excluding carboxylic acids is 3. The summed E-state index contributed by atoms with van der Waals surface area (Å²) in [6, 6.07) is -0.223. The van der Waals surface area contributed by atoms with Crippen LogP contribution in [0.4, 0.5) is 77.2 Å². The molecule has 3 amide bonds. The standard InChI is InChI=1S/C16H7F15N2O3/c1-5-4-6(2-3-7(5)32-8(34)11(17,18)14(23,24)25)33(9(35)12(19,20)15(26,27)28)10(36)13(21,22)16(29,30)31/h2-4H,1H3,(H,32,34). The Labute approximate surface area is 187 Å². The van der Waals surface area contributed by atoms with E-state index in [2.05, 4.69) is 0 Å². The molecule has 204 valence electrons. The molecule has 0 unspecified atom stereocenters.